The minimum absolute atomic E-state index is 0. The molecule has 0 aromatic carbocycles. The zero-order valence-electron chi connectivity index (χ0n) is 11.6. The second kappa shape index (κ2) is 8.11. The van der Waals surface area contributed by atoms with Crippen LogP contribution in [0.4, 0.5) is 0 Å². The predicted octanol–water partition coefficient (Wildman–Crippen LogP) is 0.746. The summed E-state index contributed by atoms with van der Waals surface area (Å²) in [7, 11) is 1.60. The number of halogens is 1. The molecule has 5 nitrogen and oxygen atoms in total. The van der Waals surface area contributed by atoms with Gasteiger partial charge in [0.1, 0.15) is 6.10 Å². The molecule has 2 aliphatic heterocycles. The van der Waals surface area contributed by atoms with Gasteiger partial charge in [-0.2, -0.15) is 0 Å². The maximum atomic E-state index is 12.2. The SMILES string of the molecule is Br.CCC1OC(OC)C=C(CN2CCNCC2)C1=O. The fourth-order valence-corrected chi connectivity index (χ4v) is 2.36. The average molecular weight is 335 g/mol. The lowest BCUT2D eigenvalue weighted by molar-refractivity contribution is -0.157. The van der Waals surface area contributed by atoms with Crippen molar-refractivity contribution in [3.8, 4) is 0 Å². The van der Waals surface area contributed by atoms with E-state index in [1.165, 1.54) is 0 Å². The van der Waals surface area contributed by atoms with Crippen molar-refractivity contribution in [1.29, 1.82) is 0 Å². The number of nitrogens with one attached hydrogen (secondary N) is 1. The molecule has 0 bridgehead atoms. The first-order valence-corrected chi connectivity index (χ1v) is 6.60. The fraction of sp³-hybridized carbons (Fsp3) is 0.769. The summed E-state index contributed by atoms with van der Waals surface area (Å²) >= 11 is 0. The van der Waals surface area contributed by atoms with Gasteiger partial charge >= 0.3 is 0 Å². The van der Waals surface area contributed by atoms with Gasteiger partial charge in [0.25, 0.3) is 0 Å². The van der Waals surface area contributed by atoms with Crippen molar-refractivity contribution in [2.45, 2.75) is 25.7 Å². The van der Waals surface area contributed by atoms with Crippen LogP contribution in [-0.2, 0) is 14.3 Å². The van der Waals surface area contributed by atoms with Crippen molar-refractivity contribution in [2.24, 2.45) is 0 Å². The Bertz CT molecular complexity index is 330. The van der Waals surface area contributed by atoms with E-state index < -0.39 is 0 Å². The number of carbonyl (C=O) groups is 1. The molecule has 0 aromatic heterocycles. The Balaban J connectivity index is 0.00000180. The van der Waals surface area contributed by atoms with E-state index in [0.29, 0.717) is 13.0 Å². The van der Waals surface area contributed by atoms with Crippen LogP contribution in [-0.4, -0.2) is 62.9 Å². The number of hydrogen-bond acceptors (Lipinski definition) is 5. The number of ether oxygens (including phenoxy) is 2. The van der Waals surface area contributed by atoms with Gasteiger partial charge in [0.05, 0.1) is 0 Å². The molecule has 1 saturated heterocycles. The van der Waals surface area contributed by atoms with E-state index in [-0.39, 0.29) is 35.2 Å². The van der Waals surface area contributed by atoms with Crippen LogP contribution >= 0.6 is 17.0 Å². The molecule has 19 heavy (non-hydrogen) atoms. The predicted molar refractivity (Wildman–Crippen MR) is 78.7 cm³/mol. The average Bonchev–Trinajstić information content (AvgIpc) is 2.42. The van der Waals surface area contributed by atoms with Crippen LogP contribution in [0.2, 0.25) is 0 Å². The van der Waals surface area contributed by atoms with Crippen molar-refractivity contribution in [1.82, 2.24) is 10.2 Å². The largest absolute Gasteiger partial charge is 0.352 e. The Morgan fingerprint density at radius 3 is 2.74 bits per heavy atom. The number of Topliss-reactive ketones (excluding diaryl/α,β-unsaturated/α-hetero) is 1. The third kappa shape index (κ3) is 4.36. The molecule has 110 valence electrons. The summed E-state index contributed by atoms with van der Waals surface area (Å²) in [5, 5.41) is 3.31. The van der Waals surface area contributed by atoms with Gasteiger partial charge in [-0.1, -0.05) is 6.92 Å². The highest BCUT2D eigenvalue weighted by Gasteiger charge is 2.30. The van der Waals surface area contributed by atoms with E-state index in [9.17, 15) is 4.79 Å². The van der Waals surface area contributed by atoms with Crippen LogP contribution in [0.3, 0.4) is 0 Å². The maximum absolute atomic E-state index is 12.2. The first-order chi connectivity index (χ1) is 8.74. The highest BCUT2D eigenvalue weighted by Crippen LogP contribution is 2.19. The Morgan fingerprint density at radius 2 is 2.16 bits per heavy atom. The van der Waals surface area contributed by atoms with Crippen molar-refractivity contribution >= 4 is 22.8 Å². The van der Waals surface area contributed by atoms with Gasteiger partial charge in [-0.05, 0) is 12.5 Å². The monoisotopic (exact) mass is 334 g/mol. The third-order valence-electron chi connectivity index (χ3n) is 3.45. The third-order valence-corrected chi connectivity index (χ3v) is 3.45. The summed E-state index contributed by atoms with van der Waals surface area (Å²) < 4.78 is 10.7. The number of nitrogens with zero attached hydrogens (tertiary/aromatic N) is 1. The van der Waals surface area contributed by atoms with Crippen LogP contribution in [0.5, 0.6) is 0 Å². The van der Waals surface area contributed by atoms with Crippen LogP contribution in [0.15, 0.2) is 11.6 Å². The summed E-state index contributed by atoms with van der Waals surface area (Å²) in [5.41, 5.74) is 0.835. The zero-order valence-corrected chi connectivity index (χ0v) is 13.3. The smallest absolute Gasteiger partial charge is 0.188 e. The quantitative estimate of drug-likeness (QED) is 0.822. The standard InChI is InChI=1S/C13H22N2O3.BrH/c1-3-11-13(16)10(8-12(17-2)18-11)9-15-6-4-14-5-7-15;/h8,11-12,14H,3-7,9H2,1-2H3;1H. The number of hydrogen-bond donors (Lipinski definition) is 1. The summed E-state index contributed by atoms with van der Waals surface area (Å²) in [5.74, 6) is 0.115. The van der Waals surface area contributed by atoms with Gasteiger partial charge in [0.15, 0.2) is 12.1 Å². The highest BCUT2D eigenvalue weighted by atomic mass is 79.9. The number of ketones is 1. The van der Waals surface area contributed by atoms with Crippen LogP contribution < -0.4 is 5.32 Å². The van der Waals surface area contributed by atoms with Crippen molar-refractivity contribution in [3.63, 3.8) is 0 Å². The van der Waals surface area contributed by atoms with E-state index in [1.807, 2.05) is 13.0 Å². The Kier molecular flexibility index (Phi) is 7.17. The second-order valence-electron chi connectivity index (χ2n) is 4.72. The summed E-state index contributed by atoms with van der Waals surface area (Å²) in [6, 6.07) is 0. The van der Waals surface area contributed by atoms with E-state index in [1.54, 1.807) is 7.11 Å². The van der Waals surface area contributed by atoms with Crippen molar-refractivity contribution in [2.75, 3.05) is 39.8 Å². The summed E-state index contributed by atoms with van der Waals surface area (Å²) in [4.78, 5) is 14.5. The highest BCUT2D eigenvalue weighted by molar-refractivity contribution is 8.93. The molecule has 2 aliphatic rings. The molecule has 2 atom stereocenters. The van der Waals surface area contributed by atoms with Gasteiger partial charge in [-0.25, -0.2) is 0 Å². The molecule has 2 unspecified atom stereocenters. The lowest BCUT2D eigenvalue weighted by Gasteiger charge is -2.31. The van der Waals surface area contributed by atoms with E-state index in [0.717, 1.165) is 31.8 Å². The van der Waals surface area contributed by atoms with Crippen molar-refractivity contribution in [3.05, 3.63) is 11.6 Å². The van der Waals surface area contributed by atoms with E-state index >= 15 is 0 Å². The molecule has 0 radical (unpaired) electrons. The second-order valence-corrected chi connectivity index (χ2v) is 4.72. The first-order valence-electron chi connectivity index (χ1n) is 6.60. The Morgan fingerprint density at radius 1 is 1.47 bits per heavy atom. The van der Waals surface area contributed by atoms with Crippen LogP contribution in [0, 0.1) is 0 Å². The molecule has 0 aromatic rings. The molecule has 0 amide bonds. The van der Waals surface area contributed by atoms with Gasteiger partial charge in [-0.3, -0.25) is 9.69 Å². The Hall–Kier alpha value is -0.270. The lowest BCUT2D eigenvalue weighted by Crippen LogP contribution is -2.46. The minimum Gasteiger partial charge on any atom is -0.352 e. The van der Waals surface area contributed by atoms with E-state index in [2.05, 4.69) is 10.2 Å². The molecular weight excluding hydrogens is 312 g/mol. The molecule has 1 N–H and O–H groups in total. The van der Waals surface area contributed by atoms with E-state index in [4.69, 9.17) is 9.47 Å². The molecular formula is C13H23BrN2O3. The summed E-state index contributed by atoms with van der Waals surface area (Å²) in [6.45, 7) is 6.62. The maximum Gasteiger partial charge on any atom is 0.188 e. The van der Waals surface area contributed by atoms with Gasteiger partial charge in [0, 0.05) is 45.4 Å². The number of piperazine rings is 1. The normalized spacial score (nSPS) is 28.7. The van der Waals surface area contributed by atoms with Gasteiger partial charge in [-0.15, -0.1) is 17.0 Å². The molecule has 0 aliphatic carbocycles. The molecule has 0 saturated carbocycles. The van der Waals surface area contributed by atoms with Gasteiger partial charge < -0.3 is 14.8 Å². The fourth-order valence-electron chi connectivity index (χ4n) is 2.36. The first kappa shape index (κ1) is 16.8. The summed E-state index contributed by atoms with van der Waals surface area (Å²) in [6.07, 6.45) is 1.78. The molecule has 6 heteroatoms. The number of carbonyl (C=O) groups excluding carboxylic acids is 1. The van der Waals surface area contributed by atoms with Crippen molar-refractivity contribution < 1.29 is 14.3 Å². The minimum atomic E-state index is -0.384. The van der Waals surface area contributed by atoms with Crippen LogP contribution in [0.1, 0.15) is 13.3 Å². The lowest BCUT2D eigenvalue weighted by atomic mass is 10.0. The topological polar surface area (TPSA) is 50.8 Å². The zero-order chi connectivity index (χ0) is 13.0. The number of methoxy groups -OCH3 is 1. The Labute approximate surface area is 125 Å². The molecule has 1 fully saturated rings. The number of rotatable bonds is 4. The van der Waals surface area contributed by atoms with Crippen LogP contribution in [0.25, 0.3) is 0 Å². The molecule has 2 heterocycles. The van der Waals surface area contributed by atoms with Gasteiger partial charge in [0.2, 0.25) is 0 Å². The molecule has 0 spiro atoms. The molecule has 2 rings (SSSR count).